The Morgan fingerprint density at radius 3 is 2.55 bits per heavy atom. The van der Waals surface area contributed by atoms with Crippen LogP contribution in [0.3, 0.4) is 0 Å². The molecule has 0 aliphatic rings. The third-order valence-electron chi connectivity index (χ3n) is 3.23. The lowest BCUT2D eigenvalue weighted by Crippen LogP contribution is -2.02. The quantitative estimate of drug-likeness (QED) is 0.626. The van der Waals surface area contributed by atoms with Crippen LogP contribution in [0.15, 0.2) is 12.1 Å². The SMILES string of the molecule is CCOc1ccc(F)c(CCCCCC(=O)CC)c1F. The summed E-state index contributed by atoms with van der Waals surface area (Å²) in [6.07, 6.45) is 3.68. The summed E-state index contributed by atoms with van der Waals surface area (Å²) in [6, 6.07) is 2.56. The van der Waals surface area contributed by atoms with Crippen LogP contribution < -0.4 is 4.74 Å². The van der Waals surface area contributed by atoms with E-state index in [0.717, 1.165) is 12.8 Å². The number of rotatable bonds is 9. The van der Waals surface area contributed by atoms with Crippen LogP contribution in [0.5, 0.6) is 5.75 Å². The van der Waals surface area contributed by atoms with E-state index in [1.54, 1.807) is 6.92 Å². The first-order valence-corrected chi connectivity index (χ1v) is 7.21. The molecule has 1 aromatic rings. The van der Waals surface area contributed by atoms with Gasteiger partial charge in [0.2, 0.25) is 0 Å². The van der Waals surface area contributed by atoms with Gasteiger partial charge in [0.25, 0.3) is 0 Å². The predicted molar refractivity (Wildman–Crippen MR) is 75.0 cm³/mol. The molecule has 4 heteroatoms. The standard InChI is InChI=1S/C16H22F2O2/c1-3-12(19)8-6-5-7-9-13-14(17)10-11-15(16(13)18)20-4-2/h10-11H,3-9H2,1-2H3. The van der Waals surface area contributed by atoms with Crippen LogP contribution in [-0.4, -0.2) is 12.4 Å². The first-order valence-electron chi connectivity index (χ1n) is 7.21. The van der Waals surface area contributed by atoms with E-state index >= 15 is 0 Å². The van der Waals surface area contributed by atoms with E-state index < -0.39 is 11.6 Å². The third-order valence-corrected chi connectivity index (χ3v) is 3.23. The summed E-state index contributed by atoms with van der Waals surface area (Å²) in [5.74, 6) is -0.794. The second-order valence-corrected chi connectivity index (χ2v) is 4.72. The van der Waals surface area contributed by atoms with Crippen molar-refractivity contribution in [3.8, 4) is 5.75 Å². The molecule has 0 radical (unpaired) electrons. The first kappa shape index (κ1) is 16.6. The number of unbranched alkanes of at least 4 members (excludes halogenated alkanes) is 2. The average molecular weight is 284 g/mol. The van der Waals surface area contributed by atoms with Gasteiger partial charge in [-0.05, 0) is 38.3 Å². The zero-order chi connectivity index (χ0) is 15.0. The van der Waals surface area contributed by atoms with Crippen LogP contribution in [0.4, 0.5) is 8.78 Å². The number of hydrogen-bond donors (Lipinski definition) is 0. The van der Waals surface area contributed by atoms with Crippen LogP contribution in [-0.2, 0) is 11.2 Å². The van der Waals surface area contributed by atoms with Crippen LogP contribution in [0.2, 0.25) is 0 Å². The highest BCUT2D eigenvalue weighted by atomic mass is 19.1. The minimum absolute atomic E-state index is 0.0813. The van der Waals surface area contributed by atoms with Crippen molar-refractivity contribution < 1.29 is 18.3 Å². The highest BCUT2D eigenvalue weighted by Crippen LogP contribution is 2.25. The lowest BCUT2D eigenvalue weighted by molar-refractivity contribution is -0.118. The van der Waals surface area contributed by atoms with Gasteiger partial charge >= 0.3 is 0 Å². The fraction of sp³-hybridized carbons (Fsp3) is 0.562. The van der Waals surface area contributed by atoms with Crippen LogP contribution in [0.25, 0.3) is 0 Å². The van der Waals surface area contributed by atoms with Crippen molar-refractivity contribution in [1.29, 1.82) is 0 Å². The average Bonchev–Trinajstić information content (AvgIpc) is 2.44. The van der Waals surface area contributed by atoms with E-state index in [2.05, 4.69) is 0 Å². The van der Waals surface area contributed by atoms with E-state index in [4.69, 9.17) is 4.74 Å². The normalized spacial score (nSPS) is 10.6. The van der Waals surface area contributed by atoms with Crippen molar-refractivity contribution >= 4 is 5.78 Å². The maximum absolute atomic E-state index is 14.0. The van der Waals surface area contributed by atoms with Gasteiger partial charge in [-0.25, -0.2) is 8.78 Å². The molecule has 0 aromatic heterocycles. The molecule has 0 aliphatic heterocycles. The van der Waals surface area contributed by atoms with E-state index in [1.165, 1.54) is 12.1 Å². The van der Waals surface area contributed by atoms with Crippen molar-refractivity contribution in [1.82, 2.24) is 0 Å². The Morgan fingerprint density at radius 1 is 1.15 bits per heavy atom. The molecule has 0 atom stereocenters. The van der Waals surface area contributed by atoms with Gasteiger partial charge in [0.15, 0.2) is 11.6 Å². The molecule has 0 N–H and O–H groups in total. The fourth-order valence-corrected chi connectivity index (χ4v) is 2.05. The lowest BCUT2D eigenvalue weighted by atomic mass is 10.0. The largest absolute Gasteiger partial charge is 0.491 e. The van der Waals surface area contributed by atoms with Crippen LogP contribution in [0, 0.1) is 11.6 Å². The topological polar surface area (TPSA) is 26.3 Å². The van der Waals surface area contributed by atoms with E-state index in [0.29, 0.717) is 32.3 Å². The molecule has 1 aromatic carbocycles. The number of benzene rings is 1. The fourth-order valence-electron chi connectivity index (χ4n) is 2.05. The van der Waals surface area contributed by atoms with Crippen LogP contribution in [0.1, 0.15) is 51.5 Å². The van der Waals surface area contributed by atoms with Gasteiger partial charge in [0.1, 0.15) is 11.6 Å². The second kappa shape index (κ2) is 8.67. The Balaban J connectivity index is 2.50. The van der Waals surface area contributed by atoms with Gasteiger partial charge in [-0.3, -0.25) is 4.79 Å². The zero-order valence-electron chi connectivity index (χ0n) is 12.2. The Bertz CT molecular complexity index is 444. The molecule has 20 heavy (non-hydrogen) atoms. The molecule has 0 fully saturated rings. The summed E-state index contributed by atoms with van der Waals surface area (Å²) in [5, 5.41) is 0. The third kappa shape index (κ3) is 4.91. The van der Waals surface area contributed by atoms with E-state index in [1.807, 2.05) is 6.92 Å². The van der Waals surface area contributed by atoms with Gasteiger partial charge < -0.3 is 4.74 Å². The molecular weight excluding hydrogens is 262 g/mol. The molecular formula is C16H22F2O2. The van der Waals surface area contributed by atoms with Gasteiger partial charge in [0, 0.05) is 18.4 Å². The number of carbonyl (C=O) groups excluding carboxylic acids is 1. The second-order valence-electron chi connectivity index (χ2n) is 4.72. The monoisotopic (exact) mass is 284 g/mol. The maximum atomic E-state index is 14.0. The van der Waals surface area contributed by atoms with Crippen LogP contribution >= 0.6 is 0 Å². The first-order chi connectivity index (χ1) is 9.60. The number of ether oxygens (including phenoxy) is 1. The molecule has 1 rings (SSSR count). The lowest BCUT2D eigenvalue weighted by Gasteiger charge is -2.10. The predicted octanol–water partition coefficient (Wildman–Crippen LogP) is 4.45. The van der Waals surface area contributed by atoms with Crippen molar-refractivity contribution in [3.63, 3.8) is 0 Å². The van der Waals surface area contributed by atoms with Gasteiger partial charge in [-0.1, -0.05) is 13.3 Å². The highest BCUT2D eigenvalue weighted by Gasteiger charge is 2.14. The summed E-state index contributed by atoms with van der Waals surface area (Å²) in [5.41, 5.74) is 0.0813. The number of halogens is 2. The van der Waals surface area contributed by atoms with E-state index in [9.17, 15) is 13.6 Å². The maximum Gasteiger partial charge on any atom is 0.171 e. The number of carbonyl (C=O) groups is 1. The Hall–Kier alpha value is -1.45. The molecule has 0 bridgehead atoms. The number of ketones is 1. The molecule has 0 saturated carbocycles. The van der Waals surface area contributed by atoms with Crippen molar-refractivity contribution in [2.75, 3.05) is 6.61 Å². The van der Waals surface area contributed by atoms with Crippen molar-refractivity contribution in [2.45, 2.75) is 52.4 Å². The van der Waals surface area contributed by atoms with Crippen molar-refractivity contribution in [3.05, 3.63) is 29.3 Å². The van der Waals surface area contributed by atoms with Crippen molar-refractivity contribution in [2.24, 2.45) is 0 Å². The minimum Gasteiger partial charge on any atom is -0.491 e. The summed E-state index contributed by atoms with van der Waals surface area (Å²) in [7, 11) is 0. The highest BCUT2D eigenvalue weighted by molar-refractivity contribution is 5.77. The molecule has 0 amide bonds. The Morgan fingerprint density at radius 2 is 1.90 bits per heavy atom. The zero-order valence-corrected chi connectivity index (χ0v) is 12.2. The Labute approximate surface area is 119 Å². The summed E-state index contributed by atoms with van der Waals surface area (Å²) >= 11 is 0. The molecule has 0 spiro atoms. The van der Waals surface area contributed by atoms with Gasteiger partial charge in [-0.15, -0.1) is 0 Å². The summed E-state index contributed by atoms with van der Waals surface area (Å²) < 4.78 is 32.7. The number of Topliss-reactive ketones (excluding diaryl/α,β-unsaturated/α-hetero) is 1. The molecule has 112 valence electrons. The molecule has 0 saturated heterocycles. The van der Waals surface area contributed by atoms with Gasteiger partial charge in [0.05, 0.1) is 6.61 Å². The minimum atomic E-state index is -0.600. The van der Waals surface area contributed by atoms with Gasteiger partial charge in [-0.2, -0.15) is 0 Å². The smallest absolute Gasteiger partial charge is 0.171 e. The number of hydrogen-bond acceptors (Lipinski definition) is 2. The molecule has 0 heterocycles. The molecule has 2 nitrogen and oxygen atoms in total. The Kier molecular flexibility index (Phi) is 7.20. The summed E-state index contributed by atoms with van der Waals surface area (Å²) in [6.45, 7) is 3.95. The van der Waals surface area contributed by atoms with E-state index in [-0.39, 0.29) is 17.1 Å². The summed E-state index contributed by atoms with van der Waals surface area (Å²) in [4.78, 5) is 11.1. The molecule has 0 aliphatic carbocycles. The molecule has 0 unspecified atom stereocenters.